The molecule has 1 aliphatic rings. The molecule has 3 N–H and O–H groups in total. The number of rotatable bonds is 2. The summed E-state index contributed by atoms with van der Waals surface area (Å²) in [5.74, 6) is -0.112. The predicted molar refractivity (Wildman–Crippen MR) is 80.7 cm³/mol. The number of nitrogens with zero attached hydrogens (tertiary/aromatic N) is 1. The number of carbonyl (C=O) groups excluding carboxylic acids is 1. The van der Waals surface area contributed by atoms with Crippen molar-refractivity contribution in [2.45, 2.75) is 19.0 Å². The van der Waals surface area contributed by atoms with E-state index in [4.69, 9.17) is 11.6 Å². The lowest BCUT2D eigenvalue weighted by atomic mass is 10.0. The number of hydrogen-bond acceptors (Lipinski definition) is 3. The van der Waals surface area contributed by atoms with Gasteiger partial charge in [0.05, 0.1) is 34.5 Å². The lowest BCUT2D eigenvalue weighted by molar-refractivity contribution is -0.118. The highest BCUT2D eigenvalue weighted by Gasteiger charge is 2.26. The van der Waals surface area contributed by atoms with E-state index >= 15 is 0 Å². The molecule has 2 aromatic rings. The second-order valence-electron chi connectivity index (χ2n) is 4.58. The number of nitrogens with one attached hydrogen (secondary N) is 3. The van der Waals surface area contributed by atoms with Crippen LogP contribution in [0.1, 0.15) is 11.4 Å². The maximum absolute atomic E-state index is 12.3. The zero-order chi connectivity index (χ0) is 14.1. The van der Waals surface area contributed by atoms with Crippen LogP contribution < -0.4 is 10.6 Å². The lowest BCUT2D eigenvalue weighted by Gasteiger charge is -2.22. The third kappa shape index (κ3) is 2.72. The van der Waals surface area contributed by atoms with E-state index in [1.165, 1.54) is 0 Å². The van der Waals surface area contributed by atoms with E-state index in [1.807, 2.05) is 6.07 Å². The average Bonchev–Trinajstić information content (AvgIpc) is 2.90. The Morgan fingerprint density at radius 1 is 1.50 bits per heavy atom. The number of halogens is 2. The Labute approximate surface area is 129 Å². The molecule has 1 unspecified atom stereocenters. The summed E-state index contributed by atoms with van der Waals surface area (Å²) in [6.45, 7) is 0.611. The van der Waals surface area contributed by atoms with Crippen molar-refractivity contribution in [3.05, 3.63) is 45.4 Å². The molecule has 7 heteroatoms. The fourth-order valence-corrected chi connectivity index (χ4v) is 2.69. The summed E-state index contributed by atoms with van der Waals surface area (Å²) >= 11 is 9.43. The van der Waals surface area contributed by atoms with Crippen LogP contribution >= 0.6 is 27.5 Å². The number of aromatic amines is 1. The van der Waals surface area contributed by atoms with Gasteiger partial charge in [-0.2, -0.15) is 0 Å². The highest BCUT2D eigenvalue weighted by molar-refractivity contribution is 9.10. The van der Waals surface area contributed by atoms with Gasteiger partial charge in [0.25, 0.3) is 0 Å². The van der Waals surface area contributed by atoms with Gasteiger partial charge in [-0.1, -0.05) is 27.5 Å². The fraction of sp³-hybridized carbons (Fsp3) is 0.231. The largest absolute Gasteiger partial charge is 0.347 e. The van der Waals surface area contributed by atoms with Crippen molar-refractivity contribution in [1.29, 1.82) is 0 Å². The van der Waals surface area contributed by atoms with Crippen molar-refractivity contribution in [1.82, 2.24) is 15.3 Å². The lowest BCUT2D eigenvalue weighted by Crippen LogP contribution is -2.44. The average molecular weight is 356 g/mol. The fourth-order valence-electron chi connectivity index (χ4n) is 2.17. The molecule has 0 radical (unpaired) electrons. The van der Waals surface area contributed by atoms with Crippen molar-refractivity contribution >= 4 is 39.1 Å². The number of H-pyrrole nitrogens is 1. The van der Waals surface area contributed by atoms with Crippen molar-refractivity contribution in [3.63, 3.8) is 0 Å². The second kappa shape index (κ2) is 5.55. The standard InChI is InChI=1S/C13H12BrClN4O/c14-7-1-2-8(15)9(3-7)19-13(20)11-4-10-12(5-16-11)18-6-17-10/h1-3,6,11,16H,4-5H2,(H,17,18)(H,19,20). The van der Waals surface area contributed by atoms with Crippen molar-refractivity contribution in [3.8, 4) is 0 Å². The molecule has 1 aliphatic heterocycles. The van der Waals surface area contributed by atoms with Gasteiger partial charge in [0.1, 0.15) is 0 Å². The van der Waals surface area contributed by atoms with Crippen molar-refractivity contribution in [2.75, 3.05) is 5.32 Å². The highest BCUT2D eigenvalue weighted by atomic mass is 79.9. The maximum Gasteiger partial charge on any atom is 0.241 e. The quantitative estimate of drug-likeness (QED) is 0.775. The smallest absolute Gasteiger partial charge is 0.241 e. The number of aromatic nitrogens is 2. The monoisotopic (exact) mass is 354 g/mol. The van der Waals surface area contributed by atoms with E-state index in [0.717, 1.165) is 15.9 Å². The number of carbonyl (C=O) groups is 1. The van der Waals surface area contributed by atoms with E-state index in [1.54, 1.807) is 18.5 Å². The van der Waals surface area contributed by atoms with Gasteiger partial charge in [-0.15, -0.1) is 0 Å². The number of anilines is 1. The maximum atomic E-state index is 12.3. The van der Waals surface area contributed by atoms with Crippen molar-refractivity contribution in [2.24, 2.45) is 0 Å². The topological polar surface area (TPSA) is 69.8 Å². The summed E-state index contributed by atoms with van der Waals surface area (Å²) in [6.07, 6.45) is 2.22. The molecule has 5 nitrogen and oxygen atoms in total. The molecule has 1 aromatic heterocycles. The van der Waals surface area contributed by atoms with Crippen LogP contribution in [-0.4, -0.2) is 21.9 Å². The number of amides is 1. The Kier molecular flexibility index (Phi) is 3.78. The van der Waals surface area contributed by atoms with Gasteiger partial charge < -0.3 is 10.3 Å². The summed E-state index contributed by atoms with van der Waals surface area (Å²) in [4.78, 5) is 19.5. The molecular weight excluding hydrogens is 344 g/mol. The normalized spacial score (nSPS) is 17.6. The Bertz CT molecular complexity index is 658. The summed E-state index contributed by atoms with van der Waals surface area (Å²) in [5.41, 5.74) is 2.57. The summed E-state index contributed by atoms with van der Waals surface area (Å²) in [6, 6.07) is 5.04. The molecule has 0 spiro atoms. The Morgan fingerprint density at radius 3 is 3.20 bits per heavy atom. The van der Waals surface area contributed by atoms with Gasteiger partial charge in [0.2, 0.25) is 5.91 Å². The first-order valence-electron chi connectivity index (χ1n) is 6.14. The van der Waals surface area contributed by atoms with Gasteiger partial charge in [-0.25, -0.2) is 4.98 Å². The molecule has 0 saturated carbocycles. The van der Waals surface area contributed by atoms with Gasteiger partial charge >= 0.3 is 0 Å². The molecule has 104 valence electrons. The van der Waals surface area contributed by atoms with Crippen LogP contribution in [0.3, 0.4) is 0 Å². The third-order valence-corrected chi connectivity index (χ3v) is 4.06. The zero-order valence-corrected chi connectivity index (χ0v) is 12.8. The minimum atomic E-state index is -0.305. The molecular formula is C13H12BrClN4O. The predicted octanol–water partition coefficient (Wildman–Crippen LogP) is 2.48. The third-order valence-electron chi connectivity index (χ3n) is 3.23. The van der Waals surface area contributed by atoms with Gasteiger partial charge in [-0.3, -0.25) is 10.1 Å². The first kappa shape index (κ1) is 13.6. The van der Waals surface area contributed by atoms with Crippen LogP contribution in [0, 0.1) is 0 Å². The van der Waals surface area contributed by atoms with Gasteiger partial charge in [0, 0.05) is 17.4 Å². The molecule has 20 heavy (non-hydrogen) atoms. The van der Waals surface area contributed by atoms with Gasteiger partial charge in [0.15, 0.2) is 0 Å². The first-order chi connectivity index (χ1) is 9.63. The van der Waals surface area contributed by atoms with Crippen molar-refractivity contribution < 1.29 is 4.79 Å². The molecule has 1 aromatic carbocycles. The number of imidazole rings is 1. The zero-order valence-electron chi connectivity index (χ0n) is 10.4. The van der Waals surface area contributed by atoms with E-state index < -0.39 is 0 Å². The second-order valence-corrected chi connectivity index (χ2v) is 5.90. The van der Waals surface area contributed by atoms with Crippen LogP contribution in [-0.2, 0) is 17.8 Å². The minimum absolute atomic E-state index is 0.112. The van der Waals surface area contributed by atoms with Crippen LogP contribution in [0.5, 0.6) is 0 Å². The molecule has 0 aliphatic carbocycles. The molecule has 1 amide bonds. The van der Waals surface area contributed by atoms with Crippen LogP contribution in [0.4, 0.5) is 5.69 Å². The van der Waals surface area contributed by atoms with E-state index in [2.05, 4.69) is 36.5 Å². The minimum Gasteiger partial charge on any atom is -0.347 e. The van der Waals surface area contributed by atoms with E-state index in [0.29, 0.717) is 23.7 Å². The SMILES string of the molecule is O=C(Nc1cc(Br)ccc1Cl)C1Cc2nc[nH]c2CN1. The summed E-state index contributed by atoms with van der Waals surface area (Å²) < 4.78 is 0.864. The molecule has 2 heterocycles. The molecule has 0 fully saturated rings. The molecule has 3 rings (SSSR count). The Hall–Kier alpha value is -1.37. The highest BCUT2D eigenvalue weighted by Crippen LogP contribution is 2.26. The Morgan fingerprint density at radius 2 is 2.35 bits per heavy atom. The molecule has 1 atom stereocenters. The molecule has 0 saturated heterocycles. The van der Waals surface area contributed by atoms with E-state index in [-0.39, 0.29) is 11.9 Å². The summed E-state index contributed by atoms with van der Waals surface area (Å²) in [5, 5.41) is 6.53. The molecule has 0 bridgehead atoms. The van der Waals surface area contributed by atoms with E-state index in [9.17, 15) is 4.79 Å². The van der Waals surface area contributed by atoms with Crippen LogP contribution in [0.2, 0.25) is 5.02 Å². The van der Waals surface area contributed by atoms with Crippen LogP contribution in [0.15, 0.2) is 29.0 Å². The first-order valence-corrected chi connectivity index (χ1v) is 7.31. The summed E-state index contributed by atoms with van der Waals surface area (Å²) in [7, 11) is 0. The number of hydrogen-bond donors (Lipinski definition) is 3. The van der Waals surface area contributed by atoms with Crippen LogP contribution in [0.25, 0.3) is 0 Å². The van der Waals surface area contributed by atoms with Gasteiger partial charge in [-0.05, 0) is 18.2 Å². The Balaban J connectivity index is 1.73. The number of fused-ring (bicyclic) bond motifs is 1. The number of benzene rings is 1.